The fraction of sp³-hybridized carbons (Fsp3) is 0.571. The van der Waals surface area contributed by atoms with E-state index in [9.17, 15) is 8.42 Å². The molecule has 0 saturated heterocycles. The molecule has 0 saturated carbocycles. The number of hydrogen-bond acceptors (Lipinski definition) is 4. The molecule has 2 rings (SSSR count). The molecule has 0 unspecified atom stereocenters. The molecule has 4 nitrogen and oxygen atoms in total. The molecule has 0 aliphatic carbocycles. The summed E-state index contributed by atoms with van der Waals surface area (Å²) in [5.41, 5.74) is 1.13. The van der Waals surface area contributed by atoms with E-state index in [-0.39, 0.29) is 5.41 Å². The standard InChI is InChI=1S/C14H22N2O2S2/c1-14(2,3)12-4-5-13(19-12)20(17,18)16-10-11-6-8-15-9-7-11/h4-6,15-16H,7-10H2,1-3H3. The lowest BCUT2D eigenvalue weighted by molar-refractivity contribution is 0.584. The van der Waals surface area contributed by atoms with Gasteiger partial charge in [0.1, 0.15) is 4.21 Å². The summed E-state index contributed by atoms with van der Waals surface area (Å²) in [5, 5.41) is 3.21. The summed E-state index contributed by atoms with van der Waals surface area (Å²) < 4.78 is 27.6. The molecule has 0 aromatic carbocycles. The highest BCUT2D eigenvalue weighted by Gasteiger charge is 2.22. The molecule has 0 fully saturated rings. The fourth-order valence-corrected chi connectivity index (χ4v) is 4.40. The van der Waals surface area contributed by atoms with Crippen LogP contribution >= 0.6 is 11.3 Å². The van der Waals surface area contributed by atoms with E-state index in [0.29, 0.717) is 10.8 Å². The molecule has 1 aromatic heterocycles. The molecule has 6 heteroatoms. The van der Waals surface area contributed by atoms with Crippen molar-refractivity contribution in [2.75, 3.05) is 19.6 Å². The van der Waals surface area contributed by atoms with Crippen LogP contribution in [0.25, 0.3) is 0 Å². The summed E-state index contributed by atoms with van der Waals surface area (Å²) in [6, 6.07) is 3.60. The van der Waals surface area contributed by atoms with E-state index in [1.54, 1.807) is 6.07 Å². The fourth-order valence-electron chi connectivity index (χ4n) is 1.96. The van der Waals surface area contributed by atoms with Gasteiger partial charge in [-0.05, 0) is 30.5 Å². The summed E-state index contributed by atoms with van der Waals surface area (Å²) in [6.45, 7) is 8.41. The van der Waals surface area contributed by atoms with Crippen LogP contribution in [0.2, 0.25) is 0 Å². The Labute approximate surface area is 125 Å². The van der Waals surface area contributed by atoms with Crippen molar-refractivity contribution < 1.29 is 8.42 Å². The van der Waals surface area contributed by atoms with Crippen molar-refractivity contribution in [3.05, 3.63) is 28.7 Å². The van der Waals surface area contributed by atoms with Crippen LogP contribution in [-0.4, -0.2) is 28.1 Å². The minimum atomic E-state index is -3.39. The Morgan fingerprint density at radius 1 is 1.35 bits per heavy atom. The first kappa shape index (κ1) is 15.7. The first-order chi connectivity index (χ1) is 9.29. The van der Waals surface area contributed by atoms with Crippen molar-refractivity contribution in [2.24, 2.45) is 0 Å². The van der Waals surface area contributed by atoms with Crippen LogP contribution in [0.1, 0.15) is 32.1 Å². The number of rotatable bonds is 4. The third-order valence-corrected chi connectivity index (χ3v) is 6.64. The topological polar surface area (TPSA) is 58.2 Å². The van der Waals surface area contributed by atoms with Gasteiger partial charge in [0.2, 0.25) is 10.0 Å². The highest BCUT2D eigenvalue weighted by molar-refractivity contribution is 7.91. The van der Waals surface area contributed by atoms with Gasteiger partial charge in [-0.1, -0.05) is 32.4 Å². The Kier molecular flexibility index (Phi) is 4.69. The Morgan fingerprint density at radius 3 is 2.65 bits per heavy atom. The molecule has 2 N–H and O–H groups in total. The Morgan fingerprint density at radius 2 is 2.10 bits per heavy atom. The molecule has 1 aliphatic rings. The number of sulfonamides is 1. The van der Waals surface area contributed by atoms with E-state index in [2.05, 4.69) is 36.9 Å². The van der Waals surface area contributed by atoms with Gasteiger partial charge in [-0.3, -0.25) is 0 Å². The third-order valence-electron chi connectivity index (χ3n) is 3.23. The molecule has 0 spiro atoms. The third kappa shape index (κ3) is 3.91. The van der Waals surface area contributed by atoms with Crippen molar-refractivity contribution in [3.63, 3.8) is 0 Å². The summed E-state index contributed by atoms with van der Waals surface area (Å²) in [6.07, 6.45) is 2.96. The zero-order chi connectivity index (χ0) is 14.8. The number of thiophene rings is 1. The van der Waals surface area contributed by atoms with Gasteiger partial charge in [0.05, 0.1) is 0 Å². The minimum Gasteiger partial charge on any atom is -0.313 e. The molecular formula is C14H22N2O2S2. The average molecular weight is 314 g/mol. The molecule has 2 heterocycles. The lowest BCUT2D eigenvalue weighted by atomic mass is 9.95. The molecule has 0 bridgehead atoms. The van der Waals surface area contributed by atoms with Crippen molar-refractivity contribution >= 4 is 21.4 Å². The monoisotopic (exact) mass is 314 g/mol. The van der Waals surface area contributed by atoms with Crippen molar-refractivity contribution in [2.45, 2.75) is 36.8 Å². The Bertz CT molecular complexity index is 595. The first-order valence-electron chi connectivity index (χ1n) is 6.78. The van der Waals surface area contributed by atoms with E-state index in [0.717, 1.165) is 30.0 Å². The zero-order valence-corrected chi connectivity index (χ0v) is 13.8. The molecule has 1 aliphatic heterocycles. The quantitative estimate of drug-likeness (QED) is 0.838. The summed E-state index contributed by atoms with van der Waals surface area (Å²) in [7, 11) is -3.39. The maximum absolute atomic E-state index is 12.3. The van der Waals surface area contributed by atoms with Gasteiger partial charge in [0.25, 0.3) is 0 Å². The second-order valence-corrected chi connectivity index (χ2v) is 9.09. The van der Waals surface area contributed by atoms with Gasteiger partial charge in [-0.2, -0.15) is 0 Å². The van der Waals surface area contributed by atoms with E-state index in [1.807, 2.05) is 6.07 Å². The molecular weight excluding hydrogens is 292 g/mol. The highest BCUT2D eigenvalue weighted by Crippen LogP contribution is 2.31. The predicted octanol–water partition coefficient (Wildman–Crippen LogP) is 2.24. The number of nitrogens with one attached hydrogen (secondary N) is 2. The minimum absolute atomic E-state index is 0.0179. The van der Waals surface area contributed by atoms with Gasteiger partial charge >= 0.3 is 0 Å². The van der Waals surface area contributed by atoms with Gasteiger partial charge in [-0.25, -0.2) is 13.1 Å². The maximum atomic E-state index is 12.3. The van der Waals surface area contributed by atoms with Crippen LogP contribution in [0.5, 0.6) is 0 Å². The van der Waals surface area contributed by atoms with E-state index < -0.39 is 10.0 Å². The highest BCUT2D eigenvalue weighted by atomic mass is 32.2. The summed E-state index contributed by atoms with van der Waals surface area (Å²) in [4.78, 5) is 1.08. The van der Waals surface area contributed by atoms with Crippen molar-refractivity contribution in [3.8, 4) is 0 Å². The van der Waals surface area contributed by atoms with Gasteiger partial charge < -0.3 is 5.32 Å². The lowest BCUT2D eigenvalue weighted by Crippen LogP contribution is -2.29. The summed E-state index contributed by atoms with van der Waals surface area (Å²) in [5.74, 6) is 0. The van der Waals surface area contributed by atoms with Crippen molar-refractivity contribution in [1.29, 1.82) is 0 Å². The SMILES string of the molecule is CC(C)(C)c1ccc(S(=O)(=O)NCC2=CCNCC2)s1. The molecule has 112 valence electrons. The van der Waals surface area contributed by atoms with Crippen LogP contribution in [0.15, 0.2) is 28.0 Å². The second kappa shape index (κ2) is 5.97. The Hall–Kier alpha value is -0.690. The van der Waals surface area contributed by atoms with Crippen LogP contribution in [0.3, 0.4) is 0 Å². The smallest absolute Gasteiger partial charge is 0.250 e. The largest absolute Gasteiger partial charge is 0.313 e. The van der Waals surface area contributed by atoms with Crippen LogP contribution in [-0.2, 0) is 15.4 Å². The molecule has 0 radical (unpaired) electrons. The van der Waals surface area contributed by atoms with Crippen LogP contribution < -0.4 is 10.0 Å². The zero-order valence-electron chi connectivity index (χ0n) is 12.2. The predicted molar refractivity (Wildman–Crippen MR) is 83.8 cm³/mol. The van der Waals surface area contributed by atoms with E-state index >= 15 is 0 Å². The van der Waals surface area contributed by atoms with Gasteiger partial charge in [0, 0.05) is 18.0 Å². The maximum Gasteiger partial charge on any atom is 0.250 e. The van der Waals surface area contributed by atoms with Gasteiger partial charge in [0.15, 0.2) is 0 Å². The second-order valence-electron chi connectivity index (χ2n) is 6.01. The average Bonchev–Trinajstić information content (AvgIpc) is 2.88. The molecule has 1 aromatic rings. The molecule has 0 atom stereocenters. The Balaban J connectivity index is 2.06. The summed E-state index contributed by atoms with van der Waals surface area (Å²) >= 11 is 1.35. The first-order valence-corrected chi connectivity index (χ1v) is 9.07. The van der Waals surface area contributed by atoms with Crippen LogP contribution in [0, 0.1) is 0 Å². The van der Waals surface area contributed by atoms with E-state index in [1.165, 1.54) is 11.3 Å². The van der Waals surface area contributed by atoms with Gasteiger partial charge in [-0.15, -0.1) is 11.3 Å². The normalized spacial score (nSPS) is 17.1. The molecule has 0 amide bonds. The van der Waals surface area contributed by atoms with Crippen molar-refractivity contribution in [1.82, 2.24) is 10.0 Å². The van der Waals surface area contributed by atoms with Crippen LogP contribution in [0.4, 0.5) is 0 Å². The van der Waals surface area contributed by atoms with E-state index in [4.69, 9.17) is 0 Å². The number of hydrogen-bond donors (Lipinski definition) is 2. The molecule has 20 heavy (non-hydrogen) atoms. The lowest BCUT2D eigenvalue weighted by Gasteiger charge is -2.15.